The van der Waals surface area contributed by atoms with Crippen LogP contribution in [-0.4, -0.2) is 49.6 Å². The summed E-state index contributed by atoms with van der Waals surface area (Å²) in [6.45, 7) is 3.90. The lowest BCUT2D eigenvalue weighted by atomic mass is 9.98. The van der Waals surface area contributed by atoms with E-state index in [4.69, 9.17) is 9.47 Å². The van der Waals surface area contributed by atoms with Crippen molar-refractivity contribution < 1.29 is 17.9 Å². The summed E-state index contributed by atoms with van der Waals surface area (Å²) in [6.07, 6.45) is 1.64. The van der Waals surface area contributed by atoms with Gasteiger partial charge >= 0.3 is 0 Å². The van der Waals surface area contributed by atoms with Crippen molar-refractivity contribution in [2.75, 3.05) is 27.3 Å². The van der Waals surface area contributed by atoms with Crippen LogP contribution in [0.25, 0.3) is 11.0 Å². The van der Waals surface area contributed by atoms with E-state index in [2.05, 4.69) is 15.6 Å². The minimum Gasteiger partial charge on any atom is -0.493 e. The second-order valence-corrected chi connectivity index (χ2v) is 9.56. The predicted molar refractivity (Wildman–Crippen MR) is 115 cm³/mol. The van der Waals surface area contributed by atoms with Crippen molar-refractivity contribution in [2.45, 2.75) is 31.2 Å². The van der Waals surface area contributed by atoms with Crippen LogP contribution in [0.2, 0.25) is 0 Å². The lowest BCUT2D eigenvalue weighted by molar-refractivity contribution is 0.253. The van der Waals surface area contributed by atoms with Gasteiger partial charge in [-0.2, -0.15) is 4.31 Å². The highest BCUT2D eigenvalue weighted by atomic mass is 32.2. The predicted octanol–water partition coefficient (Wildman–Crippen LogP) is 3.46. The lowest BCUT2D eigenvalue weighted by Gasteiger charge is -2.31. The number of ether oxygens (including phenoxy) is 2. The maximum atomic E-state index is 13.1. The Hall–Kier alpha value is -2.58. The Labute approximate surface area is 177 Å². The van der Waals surface area contributed by atoms with E-state index in [0.717, 1.165) is 36.2 Å². The van der Waals surface area contributed by atoms with Crippen LogP contribution in [0.3, 0.4) is 0 Å². The standard InChI is InChI=1S/C22H27N3O4S/c1-16-23-19-6-4-5-7-20(19)25(16)15-17-10-12-24(13-11-17)30(26,27)18-8-9-21(28-2)22(14-18)29-3/h4-9,14,17H,10-13,15H2,1-3H3. The van der Waals surface area contributed by atoms with Gasteiger partial charge in [0, 0.05) is 25.7 Å². The van der Waals surface area contributed by atoms with Crippen LogP contribution in [0, 0.1) is 12.8 Å². The maximum absolute atomic E-state index is 13.1. The molecule has 30 heavy (non-hydrogen) atoms. The summed E-state index contributed by atoms with van der Waals surface area (Å²) in [7, 11) is -0.538. The number of hydrogen-bond acceptors (Lipinski definition) is 5. The SMILES string of the molecule is COc1ccc(S(=O)(=O)N2CCC(Cn3c(C)nc4ccccc43)CC2)cc1OC. The Morgan fingerprint density at radius 2 is 1.73 bits per heavy atom. The molecule has 0 atom stereocenters. The molecule has 0 bridgehead atoms. The van der Waals surface area contributed by atoms with Crippen molar-refractivity contribution in [2.24, 2.45) is 5.92 Å². The number of sulfonamides is 1. The largest absolute Gasteiger partial charge is 0.493 e. The van der Waals surface area contributed by atoms with Gasteiger partial charge in [0.25, 0.3) is 0 Å². The second kappa shape index (κ2) is 8.28. The zero-order chi connectivity index (χ0) is 21.3. The van der Waals surface area contributed by atoms with E-state index in [1.54, 1.807) is 16.4 Å². The molecule has 1 aliphatic rings. The summed E-state index contributed by atoms with van der Waals surface area (Å²) < 4.78 is 40.5. The molecule has 1 fully saturated rings. The van der Waals surface area contributed by atoms with Crippen molar-refractivity contribution >= 4 is 21.1 Å². The van der Waals surface area contributed by atoms with E-state index in [1.165, 1.54) is 20.3 Å². The number of para-hydroxylation sites is 2. The Morgan fingerprint density at radius 3 is 2.43 bits per heavy atom. The molecule has 0 amide bonds. The van der Waals surface area contributed by atoms with E-state index in [0.29, 0.717) is 30.5 Å². The first-order valence-electron chi connectivity index (χ1n) is 10.1. The minimum absolute atomic E-state index is 0.232. The van der Waals surface area contributed by atoms with Gasteiger partial charge in [-0.3, -0.25) is 0 Å². The van der Waals surface area contributed by atoms with Crippen LogP contribution in [-0.2, 0) is 16.6 Å². The highest BCUT2D eigenvalue weighted by Crippen LogP contribution is 2.32. The van der Waals surface area contributed by atoms with E-state index in [1.807, 2.05) is 25.1 Å². The molecule has 1 aliphatic heterocycles. The molecule has 160 valence electrons. The number of benzene rings is 2. The number of aryl methyl sites for hydroxylation is 1. The van der Waals surface area contributed by atoms with Crippen LogP contribution in [0.1, 0.15) is 18.7 Å². The van der Waals surface area contributed by atoms with Gasteiger partial charge in [-0.15, -0.1) is 0 Å². The quantitative estimate of drug-likeness (QED) is 0.600. The fraction of sp³-hybridized carbons (Fsp3) is 0.409. The first kappa shape index (κ1) is 20.7. The molecule has 1 saturated heterocycles. The molecule has 2 heterocycles. The third-order valence-corrected chi connectivity index (χ3v) is 7.75. The molecule has 8 heteroatoms. The minimum atomic E-state index is -3.57. The molecule has 0 saturated carbocycles. The van der Waals surface area contributed by atoms with Crippen molar-refractivity contribution in [1.82, 2.24) is 13.9 Å². The first-order valence-corrected chi connectivity index (χ1v) is 11.5. The number of imidazole rings is 1. The maximum Gasteiger partial charge on any atom is 0.243 e. The number of hydrogen-bond donors (Lipinski definition) is 0. The lowest BCUT2D eigenvalue weighted by Crippen LogP contribution is -2.39. The Bertz CT molecular complexity index is 1150. The second-order valence-electron chi connectivity index (χ2n) is 7.62. The molecular formula is C22H27N3O4S. The average molecular weight is 430 g/mol. The monoisotopic (exact) mass is 429 g/mol. The molecule has 7 nitrogen and oxygen atoms in total. The summed E-state index contributed by atoms with van der Waals surface area (Å²) >= 11 is 0. The molecule has 0 spiro atoms. The van der Waals surface area contributed by atoms with Crippen molar-refractivity contribution in [3.63, 3.8) is 0 Å². The van der Waals surface area contributed by atoms with Crippen LogP contribution >= 0.6 is 0 Å². The van der Waals surface area contributed by atoms with Crippen LogP contribution in [0.5, 0.6) is 11.5 Å². The molecule has 1 aromatic heterocycles. The molecule has 0 unspecified atom stereocenters. The van der Waals surface area contributed by atoms with E-state index in [9.17, 15) is 8.42 Å². The molecule has 3 aromatic rings. The van der Waals surface area contributed by atoms with Gasteiger partial charge in [-0.25, -0.2) is 13.4 Å². The number of aromatic nitrogens is 2. The third-order valence-electron chi connectivity index (χ3n) is 5.85. The summed E-state index contributed by atoms with van der Waals surface area (Å²) in [5, 5.41) is 0. The Kier molecular flexibility index (Phi) is 5.71. The van der Waals surface area contributed by atoms with Crippen LogP contribution in [0.4, 0.5) is 0 Å². The molecule has 2 aromatic carbocycles. The van der Waals surface area contributed by atoms with Crippen molar-refractivity contribution in [3.05, 3.63) is 48.3 Å². The van der Waals surface area contributed by atoms with Crippen molar-refractivity contribution in [3.8, 4) is 11.5 Å². The highest BCUT2D eigenvalue weighted by molar-refractivity contribution is 7.89. The number of piperidine rings is 1. The molecular weight excluding hydrogens is 402 g/mol. The van der Waals surface area contributed by atoms with E-state index < -0.39 is 10.0 Å². The Balaban J connectivity index is 1.47. The van der Waals surface area contributed by atoms with Crippen LogP contribution in [0.15, 0.2) is 47.4 Å². The fourth-order valence-corrected chi connectivity index (χ4v) is 5.63. The summed E-state index contributed by atoms with van der Waals surface area (Å²) in [6, 6.07) is 12.9. The fourth-order valence-electron chi connectivity index (χ4n) is 4.14. The molecule has 4 rings (SSSR count). The Morgan fingerprint density at radius 1 is 1.03 bits per heavy atom. The molecule has 0 radical (unpaired) electrons. The van der Waals surface area contributed by atoms with Gasteiger partial charge in [-0.05, 0) is 49.9 Å². The van der Waals surface area contributed by atoms with Gasteiger partial charge in [-0.1, -0.05) is 12.1 Å². The van der Waals surface area contributed by atoms with Gasteiger partial charge in [0.1, 0.15) is 5.82 Å². The summed E-state index contributed by atoms with van der Waals surface area (Å²) in [4.78, 5) is 4.87. The third kappa shape index (κ3) is 3.77. The van der Waals surface area contributed by atoms with Crippen LogP contribution < -0.4 is 9.47 Å². The summed E-state index contributed by atoms with van der Waals surface area (Å²) in [5.41, 5.74) is 2.14. The normalized spacial score (nSPS) is 16.1. The van der Waals surface area contributed by atoms with Gasteiger partial charge in [0.15, 0.2) is 11.5 Å². The number of fused-ring (bicyclic) bond motifs is 1. The highest BCUT2D eigenvalue weighted by Gasteiger charge is 2.30. The van der Waals surface area contributed by atoms with Gasteiger partial charge in [0.2, 0.25) is 10.0 Å². The van der Waals surface area contributed by atoms with E-state index in [-0.39, 0.29) is 4.90 Å². The summed E-state index contributed by atoms with van der Waals surface area (Å²) in [5.74, 6) is 2.34. The topological polar surface area (TPSA) is 73.7 Å². The number of methoxy groups -OCH3 is 2. The van der Waals surface area contributed by atoms with Crippen molar-refractivity contribution in [1.29, 1.82) is 0 Å². The average Bonchev–Trinajstić information content (AvgIpc) is 3.08. The van der Waals surface area contributed by atoms with Gasteiger partial charge < -0.3 is 14.0 Å². The zero-order valence-electron chi connectivity index (χ0n) is 17.5. The number of nitrogens with zero attached hydrogens (tertiary/aromatic N) is 3. The first-order chi connectivity index (χ1) is 14.4. The smallest absolute Gasteiger partial charge is 0.243 e. The molecule has 0 aliphatic carbocycles. The molecule has 0 N–H and O–H groups in total. The van der Waals surface area contributed by atoms with Gasteiger partial charge in [0.05, 0.1) is 30.1 Å². The zero-order valence-corrected chi connectivity index (χ0v) is 18.4. The van der Waals surface area contributed by atoms with E-state index >= 15 is 0 Å². The number of rotatable bonds is 6.